The molecule has 1 heterocycles. The van der Waals surface area contributed by atoms with E-state index in [4.69, 9.17) is 0 Å². The van der Waals surface area contributed by atoms with E-state index in [-0.39, 0.29) is 12.0 Å². The molecule has 13 heavy (non-hydrogen) atoms. The SMILES string of the molecule is O[C@H]1CCN(C2CC(C(F)F)C2)C1. The first kappa shape index (κ1) is 9.34. The number of hydrogen-bond donors (Lipinski definition) is 1. The van der Waals surface area contributed by atoms with E-state index in [2.05, 4.69) is 4.90 Å². The summed E-state index contributed by atoms with van der Waals surface area (Å²) in [6.45, 7) is 1.56. The molecular formula is C9H15F2NO. The van der Waals surface area contributed by atoms with E-state index < -0.39 is 6.43 Å². The summed E-state index contributed by atoms with van der Waals surface area (Å²) in [4.78, 5) is 2.14. The minimum absolute atomic E-state index is 0.231. The first-order chi connectivity index (χ1) is 6.16. The number of halogens is 2. The van der Waals surface area contributed by atoms with Gasteiger partial charge >= 0.3 is 0 Å². The van der Waals surface area contributed by atoms with Crippen LogP contribution in [0.25, 0.3) is 0 Å². The standard InChI is InChI=1S/C9H15F2NO/c10-9(11)6-3-7(4-6)12-2-1-8(13)5-12/h6-9,13H,1-5H2/t6?,7?,8-/m0/s1. The van der Waals surface area contributed by atoms with Gasteiger partial charge in [-0.25, -0.2) is 8.78 Å². The van der Waals surface area contributed by atoms with Gasteiger partial charge in [0.15, 0.2) is 0 Å². The number of hydrogen-bond acceptors (Lipinski definition) is 2. The van der Waals surface area contributed by atoms with E-state index in [0.717, 1.165) is 13.0 Å². The topological polar surface area (TPSA) is 23.5 Å². The van der Waals surface area contributed by atoms with E-state index in [1.54, 1.807) is 0 Å². The summed E-state index contributed by atoms with van der Waals surface area (Å²) in [5.74, 6) is -0.386. The minimum Gasteiger partial charge on any atom is -0.392 e. The van der Waals surface area contributed by atoms with Gasteiger partial charge in [0.1, 0.15) is 0 Å². The van der Waals surface area contributed by atoms with Crippen molar-refractivity contribution < 1.29 is 13.9 Å². The number of nitrogens with zero attached hydrogens (tertiary/aromatic N) is 1. The quantitative estimate of drug-likeness (QED) is 0.706. The van der Waals surface area contributed by atoms with Gasteiger partial charge in [0, 0.05) is 25.0 Å². The van der Waals surface area contributed by atoms with Crippen LogP contribution in [0.2, 0.25) is 0 Å². The zero-order valence-corrected chi connectivity index (χ0v) is 7.50. The van der Waals surface area contributed by atoms with Crippen molar-refractivity contribution in [2.45, 2.75) is 37.8 Å². The predicted molar refractivity (Wildman–Crippen MR) is 44.7 cm³/mol. The lowest BCUT2D eigenvalue weighted by molar-refractivity contribution is -0.0188. The Balaban J connectivity index is 1.74. The number of β-amino-alcohol motifs (C(OH)–C–C–N with tert-alkyl or cyclic N) is 1. The minimum atomic E-state index is -2.15. The van der Waals surface area contributed by atoms with E-state index in [1.165, 1.54) is 0 Å². The van der Waals surface area contributed by atoms with Crippen molar-refractivity contribution in [3.63, 3.8) is 0 Å². The third-order valence-electron chi connectivity index (χ3n) is 3.22. The molecule has 1 saturated carbocycles. The van der Waals surface area contributed by atoms with Crippen LogP contribution in [0, 0.1) is 5.92 Å². The lowest BCUT2D eigenvalue weighted by Gasteiger charge is -2.40. The first-order valence-corrected chi connectivity index (χ1v) is 4.87. The Morgan fingerprint density at radius 1 is 1.31 bits per heavy atom. The van der Waals surface area contributed by atoms with Crippen molar-refractivity contribution in [1.82, 2.24) is 4.90 Å². The summed E-state index contributed by atoms with van der Waals surface area (Å²) in [7, 11) is 0. The molecule has 4 heteroatoms. The molecule has 1 atom stereocenters. The Morgan fingerprint density at radius 3 is 2.46 bits per heavy atom. The second kappa shape index (κ2) is 3.50. The van der Waals surface area contributed by atoms with Crippen LogP contribution in [0.4, 0.5) is 8.78 Å². The highest BCUT2D eigenvalue weighted by atomic mass is 19.3. The van der Waals surface area contributed by atoms with Crippen LogP contribution in [0.3, 0.4) is 0 Å². The molecule has 0 amide bonds. The first-order valence-electron chi connectivity index (χ1n) is 4.87. The van der Waals surface area contributed by atoms with Crippen molar-refractivity contribution in [1.29, 1.82) is 0 Å². The van der Waals surface area contributed by atoms with Crippen molar-refractivity contribution in [2.75, 3.05) is 13.1 Å². The molecule has 2 fully saturated rings. The second-order valence-electron chi connectivity index (χ2n) is 4.16. The summed E-state index contributed by atoms with van der Waals surface area (Å²) in [6.07, 6.45) is -0.348. The largest absolute Gasteiger partial charge is 0.392 e. The normalized spacial score (nSPS) is 41.1. The molecule has 1 aliphatic heterocycles. The number of alkyl halides is 2. The van der Waals surface area contributed by atoms with Gasteiger partial charge in [-0.15, -0.1) is 0 Å². The summed E-state index contributed by atoms with van der Waals surface area (Å²) in [6, 6.07) is 0.316. The molecule has 0 aromatic rings. The zero-order valence-electron chi connectivity index (χ0n) is 7.50. The van der Waals surface area contributed by atoms with Crippen LogP contribution in [0.5, 0.6) is 0 Å². The Labute approximate surface area is 76.5 Å². The average molecular weight is 191 g/mol. The average Bonchev–Trinajstić information content (AvgIpc) is 2.31. The van der Waals surface area contributed by atoms with Crippen LogP contribution >= 0.6 is 0 Å². The van der Waals surface area contributed by atoms with Gasteiger partial charge in [-0.3, -0.25) is 4.90 Å². The molecule has 1 N–H and O–H groups in total. The van der Waals surface area contributed by atoms with Crippen molar-refractivity contribution >= 4 is 0 Å². The molecule has 1 saturated heterocycles. The maximum Gasteiger partial charge on any atom is 0.241 e. The van der Waals surface area contributed by atoms with Gasteiger partial charge in [0.2, 0.25) is 6.43 Å². The van der Waals surface area contributed by atoms with Gasteiger partial charge in [0.05, 0.1) is 6.10 Å². The smallest absolute Gasteiger partial charge is 0.241 e. The molecule has 0 aromatic carbocycles. The van der Waals surface area contributed by atoms with Crippen LogP contribution in [0.1, 0.15) is 19.3 Å². The summed E-state index contributed by atoms with van der Waals surface area (Å²) >= 11 is 0. The van der Waals surface area contributed by atoms with Gasteiger partial charge in [-0.05, 0) is 19.3 Å². The maximum absolute atomic E-state index is 12.1. The predicted octanol–water partition coefficient (Wildman–Crippen LogP) is 1.10. The van der Waals surface area contributed by atoms with Gasteiger partial charge in [-0.1, -0.05) is 0 Å². The molecule has 76 valence electrons. The lowest BCUT2D eigenvalue weighted by Crippen LogP contribution is -2.45. The molecule has 2 rings (SSSR count). The number of rotatable bonds is 2. The molecule has 0 bridgehead atoms. The van der Waals surface area contributed by atoms with Crippen LogP contribution < -0.4 is 0 Å². The third kappa shape index (κ3) is 1.83. The van der Waals surface area contributed by atoms with E-state index in [9.17, 15) is 13.9 Å². The molecular weight excluding hydrogens is 176 g/mol. The van der Waals surface area contributed by atoms with E-state index in [0.29, 0.717) is 25.4 Å². The van der Waals surface area contributed by atoms with Crippen molar-refractivity contribution in [3.8, 4) is 0 Å². The number of likely N-dealkylation sites (tertiary alicyclic amines) is 1. The third-order valence-corrected chi connectivity index (χ3v) is 3.22. The summed E-state index contributed by atoms with van der Waals surface area (Å²) < 4.78 is 24.3. The highest BCUT2D eigenvalue weighted by Crippen LogP contribution is 2.37. The fourth-order valence-electron chi connectivity index (χ4n) is 2.23. The fourth-order valence-corrected chi connectivity index (χ4v) is 2.23. The second-order valence-corrected chi connectivity index (χ2v) is 4.16. The molecule has 0 unspecified atom stereocenters. The molecule has 1 aliphatic carbocycles. The monoisotopic (exact) mass is 191 g/mol. The number of aliphatic hydroxyl groups is 1. The van der Waals surface area contributed by atoms with Crippen LogP contribution in [0.15, 0.2) is 0 Å². The summed E-state index contributed by atoms with van der Waals surface area (Å²) in [5, 5.41) is 9.25. The van der Waals surface area contributed by atoms with Crippen molar-refractivity contribution in [3.05, 3.63) is 0 Å². The Kier molecular flexibility index (Phi) is 2.51. The molecule has 0 radical (unpaired) electrons. The summed E-state index contributed by atoms with van der Waals surface area (Å²) in [5.41, 5.74) is 0. The highest BCUT2D eigenvalue weighted by molar-refractivity contribution is 4.91. The highest BCUT2D eigenvalue weighted by Gasteiger charge is 2.40. The van der Waals surface area contributed by atoms with E-state index >= 15 is 0 Å². The Hall–Kier alpha value is -0.220. The zero-order chi connectivity index (χ0) is 9.42. The Morgan fingerprint density at radius 2 is 2.00 bits per heavy atom. The van der Waals surface area contributed by atoms with Gasteiger partial charge < -0.3 is 5.11 Å². The maximum atomic E-state index is 12.1. The molecule has 2 aliphatic rings. The molecule has 0 spiro atoms. The Bertz CT molecular complexity index is 182. The molecule has 0 aromatic heterocycles. The van der Waals surface area contributed by atoms with Gasteiger partial charge in [0.25, 0.3) is 0 Å². The van der Waals surface area contributed by atoms with Gasteiger partial charge in [-0.2, -0.15) is 0 Å². The number of aliphatic hydroxyl groups excluding tert-OH is 1. The fraction of sp³-hybridized carbons (Fsp3) is 1.00. The lowest BCUT2D eigenvalue weighted by atomic mass is 9.80. The van der Waals surface area contributed by atoms with Crippen LogP contribution in [-0.2, 0) is 0 Å². The van der Waals surface area contributed by atoms with E-state index in [1.807, 2.05) is 0 Å². The van der Waals surface area contributed by atoms with Crippen LogP contribution in [-0.4, -0.2) is 41.7 Å². The van der Waals surface area contributed by atoms with Crippen molar-refractivity contribution in [2.24, 2.45) is 5.92 Å². The molecule has 2 nitrogen and oxygen atoms in total.